The number of carbonyl (C=O) groups is 1. The molecule has 0 radical (unpaired) electrons. The average Bonchev–Trinajstić information content (AvgIpc) is 2.65. The number of rotatable bonds is 3. The summed E-state index contributed by atoms with van der Waals surface area (Å²) in [6, 6.07) is 6.43. The van der Waals surface area contributed by atoms with Gasteiger partial charge in [0, 0.05) is 18.5 Å². The van der Waals surface area contributed by atoms with Crippen molar-refractivity contribution < 1.29 is 23.1 Å². The molecule has 0 spiro atoms. The van der Waals surface area contributed by atoms with E-state index in [4.69, 9.17) is 16.7 Å². The highest BCUT2D eigenvalue weighted by molar-refractivity contribution is 6.30. The predicted octanol–water partition coefficient (Wildman–Crippen LogP) is 3.38. The van der Waals surface area contributed by atoms with Crippen molar-refractivity contribution in [2.45, 2.75) is 12.6 Å². The van der Waals surface area contributed by atoms with Crippen molar-refractivity contribution in [3.05, 3.63) is 51.8 Å². The van der Waals surface area contributed by atoms with Gasteiger partial charge < -0.3 is 5.11 Å². The lowest BCUT2D eigenvalue weighted by molar-refractivity contribution is -0.144. The van der Waals surface area contributed by atoms with Crippen molar-refractivity contribution in [3.63, 3.8) is 0 Å². The number of aromatic nitrogens is 2. The molecule has 0 unspecified atom stereocenters. The third kappa shape index (κ3) is 3.18. The molecule has 0 saturated heterocycles. The van der Waals surface area contributed by atoms with Crippen LogP contribution in [0.25, 0.3) is 0 Å². The maximum Gasteiger partial charge on any atom is 0.433 e. The molecule has 112 valence electrons. The van der Waals surface area contributed by atoms with Crippen LogP contribution in [0.3, 0.4) is 0 Å². The number of alkyl halides is 3. The van der Waals surface area contributed by atoms with E-state index in [9.17, 15) is 18.0 Å². The van der Waals surface area contributed by atoms with Gasteiger partial charge in [-0.3, -0.25) is 4.68 Å². The van der Waals surface area contributed by atoms with E-state index in [2.05, 4.69) is 5.10 Å². The largest absolute Gasteiger partial charge is 0.478 e. The van der Waals surface area contributed by atoms with Crippen molar-refractivity contribution in [2.75, 3.05) is 0 Å². The number of halogens is 4. The van der Waals surface area contributed by atoms with Crippen molar-refractivity contribution in [3.8, 4) is 0 Å². The first-order valence-electron chi connectivity index (χ1n) is 5.81. The van der Waals surface area contributed by atoms with Gasteiger partial charge in [0.1, 0.15) is 5.56 Å². The summed E-state index contributed by atoms with van der Waals surface area (Å²) in [5.74, 6) is -1.66. The number of hydrogen-bond donors (Lipinski definition) is 1. The van der Waals surface area contributed by atoms with Gasteiger partial charge in [-0.05, 0) is 17.7 Å². The van der Waals surface area contributed by atoms with Gasteiger partial charge in [-0.25, -0.2) is 4.79 Å². The molecule has 0 bridgehead atoms. The fraction of sp³-hybridized carbons (Fsp3) is 0.231. The van der Waals surface area contributed by atoms with E-state index >= 15 is 0 Å². The first-order chi connectivity index (χ1) is 9.70. The molecule has 1 aromatic heterocycles. The smallest absolute Gasteiger partial charge is 0.433 e. The summed E-state index contributed by atoms with van der Waals surface area (Å²) in [5, 5.41) is 13.2. The topological polar surface area (TPSA) is 55.1 Å². The van der Waals surface area contributed by atoms with Gasteiger partial charge in [0.05, 0.1) is 5.69 Å². The Labute approximate surface area is 122 Å². The zero-order chi connectivity index (χ0) is 15.8. The van der Waals surface area contributed by atoms with Crippen LogP contribution in [-0.4, -0.2) is 20.9 Å². The second kappa shape index (κ2) is 5.40. The van der Waals surface area contributed by atoms with E-state index in [1.807, 2.05) is 0 Å². The molecule has 4 nitrogen and oxygen atoms in total. The Morgan fingerprint density at radius 3 is 2.62 bits per heavy atom. The van der Waals surface area contributed by atoms with Gasteiger partial charge >= 0.3 is 12.1 Å². The number of aromatic carboxylic acids is 1. The molecule has 0 aliphatic rings. The maximum atomic E-state index is 12.9. The predicted molar refractivity (Wildman–Crippen MR) is 69.4 cm³/mol. The average molecular weight is 319 g/mol. The molecule has 1 heterocycles. The van der Waals surface area contributed by atoms with Crippen LogP contribution < -0.4 is 0 Å². The van der Waals surface area contributed by atoms with Gasteiger partial charge in [-0.2, -0.15) is 18.3 Å². The standard InChI is InChI=1S/C13H10ClF3N2O2/c1-19-11(13(15,16)17)10(12(20)21)9(18-19)6-7-3-2-4-8(14)5-7/h2-5H,6H2,1H3,(H,20,21). The van der Waals surface area contributed by atoms with Crippen LogP contribution in [0.4, 0.5) is 13.2 Å². The summed E-state index contributed by atoms with van der Waals surface area (Å²) in [6.45, 7) is 0. The molecular formula is C13H10ClF3N2O2. The Kier molecular flexibility index (Phi) is 3.95. The van der Waals surface area contributed by atoms with E-state index in [1.165, 1.54) is 0 Å². The number of nitrogens with zero attached hydrogens (tertiary/aromatic N) is 2. The summed E-state index contributed by atoms with van der Waals surface area (Å²) in [7, 11) is 1.07. The van der Waals surface area contributed by atoms with Crippen molar-refractivity contribution in [2.24, 2.45) is 7.05 Å². The summed E-state index contributed by atoms with van der Waals surface area (Å²) in [5.41, 5.74) is -1.67. The van der Waals surface area contributed by atoms with Crippen LogP contribution in [-0.2, 0) is 19.6 Å². The molecule has 21 heavy (non-hydrogen) atoms. The van der Waals surface area contributed by atoms with Gasteiger partial charge in [0.2, 0.25) is 0 Å². The Hall–Kier alpha value is -2.02. The first kappa shape index (κ1) is 15.4. The summed E-state index contributed by atoms with van der Waals surface area (Å²) in [6.07, 6.45) is -4.84. The third-order valence-electron chi connectivity index (χ3n) is 2.86. The van der Waals surface area contributed by atoms with Crippen LogP contribution in [0.2, 0.25) is 5.02 Å². The van der Waals surface area contributed by atoms with Gasteiger partial charge in [0.15, 0.2) is 5.69 Å². The SMILES string of the molecule is Cn1nc(Cc2cccc(Cl)c2)c(C(=O)O)c1C(F)(F)F. The fourth-order valence-corrected chi connectivity index (χ4v) is 2.31. The number of hydrogen-bond acceptors (Lipinski definition) is 2. The van der Waals surface area contributed by atoms with E-state index < -0.39 is 23.4 Å². The highest BCUT2D eigenvalue weighted by atomic mass is 35.5. The molecule has 2 aromatic rings. The van der Waals surface area contributed by atoms with E-state index in [0.29, 0.717) is 15.3 Å². The Morgan fingerprint density at radius 1 is 1.43 bits per heavy atom. The highest BCUT2D eigenvalue weighted by Gasteiger charge is 2.41. The zero-order valence-corrected chi connectivity index (χ0v) is 11.5. The number of carboxylic acid groups (broad SMARTS) is 1. The second-order valence-corrected chi connectivity index (χ2v) is 4.84. The van der Waals surface area contributed by atoms with Crippen molar-refractivity contribution in [1.82, 2.24) is 9.78 Å². The van der Waals surface area contributed by atoms with Gasteiger partial charge in [0.25, 0.3) is 0 Å². The minimum absolute atomic E-state index is 0.0495. The Balaban J connectivity index is 2.52. The lowest BCUT2D eigenvalue weighted by atomic mass is 10.0. The van der Waals surface area contributed by atoms with Crippen molar-refractivity contribution >= 4 is 17.6 Å². The van der Waals surface area contributed by atoms with Crippen LogP contribution in [0.5, 0.6) is 0 Å². The highest BCUT2D eigenvalue weighted by Crippen LogP contribution is 2.33. The number of benzene rings is 1. The Bertz CT molecular complexity index is 695. The molecule has 0 aliphatic heterocycles. The molecule has 0 fully saturated rings. The molecule has 1 aromatic carbocycles. The maximum absolute atomic E-state index is 12.9. The molecule has 0 aliphatic carbocycles. The molecule has 0 atom stereocenters. The van der Waals surface area contributed by atoms with Crippen molar-refractivity contribution in [1.29, 1.82) is 0 Å². The summed E-state index contributed by atoms with van der Waals surface area (Å²) < 4.78 is 39.4. The minimum Gasteiger partial charge on any atom is -0.478 e. The molecule has 0 amide bonds. The number of carboxylic acids is 1. The Morgan fingerprint density at radius 2 is 2.10 bits per heavy atom. The summed E-state index contributed by atoms with van der Waals surface area (Å²) in [4.78, 5) is 11.2. The van der Waals surface area contributed by atoms with E-state index in [-0.39, 0.29) is 12.1 Å². The second-order valence-electron chi connectivity index (χ2n) is 4.40. The van der Waals surface area contributed by atoms with Crippen LogP contribution >= 0.6 is 11.6 Å². The molecule has 1 N–H and O–H groups in total. The molecule has 2 rings (SSSR count). The van der Waals surface area contributed by atoms with Gasteiger partial charge in [-0.15, -0.1) is 0 Å². The van der Waals surface area contributed by atoms with Crippen LogP contribution in [0.1, 0.15) is 27.3 Å². The zero-order valence-electron chi connectivity index (χ0n) is 10.8. The fourth-order valence-electron chi connectivity index (χ4n) is 2.09. The summed E-state index contributed by atoms with van der Waals surface area (Å²) >= 11 is 5.80. The van der Waals surface area contributed by atoms with E-state index in [0.717, 1.165) is 7.05 Å². The number of aryl methyl sites for hydroxylation is 1. The van der Waals surface area contributed by atoms with Crippen LogP contribution in [0, 0.1) is 0 Å². The monoisotopic (exact) mass is 318 g/mol. The molecule has 8 heteroatoms. The molecule has 0 saturated carbocycles. The minimum atomic E-state index is -4.79. The van der Waals surface area contributed by atoms with E-state index in [1.54, 1.807) is 24.3 Å². The third-order valence-corrected chi connectivity index (χ3v) is 3.10. The first-order valence-corrected chi connectivity index (χ1v) is 6.18. The van der Waals surface area contributed by atoms with Crippen LogP contribution in [0.15, 0.2) is 24.3 Å². The normalized spacial score (nSPS) is 11.7. The quantitative estimate of drug-likeness (QED) is 0.944. The lowest BCUT2D eigenvalue weighted by Gasteiger charge is -2.07. The lowest BCUT2D eigenvalue weighted by Crippen LogP contribution is -2.16. The molecular weight excluding hydrogens is 309 g/mol. The van der Waals surface area contributed by atoms with Gasteiger partial charge in [-0.1, -0.05) is 23.7 Å².